The Labute approximate surface area is 56.7 Å². The Hall–Kier alpha value is -1.29. The van der Waals surface area contributed by atoms with Gasteiger partial charge in [-0.1, -0.05) is 0 Å². The van der Waals surface area contributed by atoms with Gasteiger partial charge in [-0.15, -0.1) is 0 Å². The molecule has 0 aliphatic carbocycles. The molecule has 1 rings (SSSR count). The number of carboxylic acids is 1. The van der Waals surface area contributed by atoms with Crippen LogP contribution in [-0.4, -0.2) is 11.1 Å². The number of aliphatic hydroxyl groups excluding tert-OH is 1. The third-order valence-electron chi connectivity index (χ3n) is 1.04. The Morgan fingerprint density at radius 2 is 2.50 bits per heavy atom. The molecular formula is C6H5O4-. The van der Waals surface area contributed by atoms with Crippen LogP contribution in [0.5, 0.6) is 0 Å². The van der Waals surface area contributed by atoms with Gasteiger partial charge >= 0.3 is 0 Å². The maximum absolute atomic E-state index is 9.98. The molecule has 1 atom stereocenters. The Morgan fingerprint density at radius 3 is 2.90 bits per heavy atom. The number of carbonyl (C=O) groups is 1. The van der Waals surface area contributed by atoms with E-state index in [0.29, 0.717) is 0 Å². The highest BCUT2D eigenvalue weighted by Crippen LogP contribution is 2.10. The molecule has 0 aliphatic heterocycles. The Balaban J connectivity index is 2.77. The lowest BCUT2D eigenvalue weighted by molar-refractivity contribution is -0.316. The van der Waals surface area contributed by atoms with Crippen LogP contribution in [0.2, 0.25) is 0 Å². The number of aliphatic carboxylic acids is 1. The summed E-state index contributed by atoms with van der Waals surface area (Å²) >= 11 is 0. The van der Waals surface area contributed by atoms with Crippen LogP contribution in [0.1, 0.15) is 11.9 Å². The predicted molar refractivity (Wildman–Crippen MR) is 28.7 cm³/mol. The van der Waals surface area contributed by atoms with Gasteiger partial charge in [0.1, 0.15) is 5.76 Å². The zero-order valence-electron chi connectivity index (χ0n) is 4.98. The molecule has 1 unspecified atom stereocenters. The molecule has 1 aromatic rings. The van der Waals surface area contributed by atoms with E-state index in [2.05, 4.69) is 4.42 Å². The van der Waals surface area contributed by atoms with Gasteiger partial charge in [0.15, 0.2) is 6.10 Å². The lowest BCUT2D eigenvalue weighted by atomic mass is 10.3. The minimum atomic E-state index is -1.66. The fourth-order valence-electron chi connectivity index (χ4n) is 0.563. The van der Waals surface area contributed by atoms with Crippen LogP contribution in [0.25, 0.3) is 0 Å². The topological polar surface area (TPSA) is 73.5 Å². The maximum atomic E-state index is 9.98. The lowest BCUT2D eigenvalue weighted by Gasteiger charge is -2.06. The van der Waals surface area contributed by atoms with Crippen molar-refractivity contribution in [3.05, 3.63) is 24.2 Å². The van der Waals surface area contributed by atoms with Gasteiger partial charge in [-0.25, -0.2) is 0 Å². The summed E-state index contributed by atoms with van der Waals surface area (Å²) in [5.74, 6) is -1.57. The lowest BCUT2D eigenvalue weighted by Crippen LogP contribution is -2.29. The number of carbonyl (C=O) groups excluding carboxylic acids is 1. The van der Waals surface area contributed by atoms with Crippen molar-refractivity contribution in [2.75, 3.05) is 0 Å². The number of furan rings is 1. The maximum Gasteiger partial charge on any atom is 0.151 e. The van der Waals surface area contributed by atoms with E-state index in [0.717, 1.165) is 0 Å². The van der Waals surface area contributed by atoms with Gasteiger partial charge in [0, 0.05) is 0 Å². The first-order valence-electron chi connectivity index (χ1n) is 2.64. The molecule has 0 saturated carbocycles. The highest BCUT2D eigenvalue weighted by Gasteiger charge is 2.09. The van der Waals surface area contributed by atoms with Gasteiger partial charge < -0.3 is 19.4 Å². The van der Waals surface area contributed by atoms with Crippen molar-refractivity contribution in [2.45, 2.75) is 6.10 Å². The fraction of sp³-hybridized carbons (Fsp3) is 0.167. The SMILES string of the molecule is O=C([O-])C(O)c1ccco1. The Kier molecular flexibility index (Phi) is 1.73. The second-order valence-electron chi connectivity index (χ2n) is 1.74. The second-order valence-corrected chi connectivity index (χ2v) is 1.74. The summed E-state index contributed by atoms with van der Waals surface area (Å²) in [5, 5.41) is 18.7. The van der Waals surface area contributed by atoms with Gasteiger partial charge in [-0.05, 0) is 12.1 Å². The first-order valence-corrected chi connectivity index (χ1v) is 2.64. The molecule has 54 valence electrons. The number of rotatable bonds is 2. The minimum absolute atomic E-state index is 0.0139. The quantitative estimate of drug-likeness (QED) is 0.577. The molecule has 0 bridgehead atoms. The molecule has 1 N–H and O–H groups in total. The van der Waals surface area contributed by atoms with E-state index in [1.54, 1.807) is 0 Å². The number of hydrogen-bond donors (Lipinski definition) is 1. The Bertz CT molecular complexity index is 214. The summed E-state index contributed by atoms with van der Waals surface area (Å²) in [7, 11) is 0. The van der Waals surface area contributed by atoms with Crippen LogP contribution in [0.4, 0.5) is 0 Å². The molecule has 4 nitrogen and oxygen atoms in total. The molecule has 4 heteroatoms. The minimum Gasteiger partial charge on any atom is -0.547 e. The zero-order valence-corrected chi connectivity index (χ0v) is 4.98. The smallest absolute Gasteiger partial charge is 0.151 e. The van der Waals surface area contributed by atoms with Crippen LogP contribution in [-0.2, 0) is 4.79 Å². The summed E-state index contributed by atoms with van der Waals surface area (Å²) < 4.78 is 4.59. The molecule has 10 heavy (non-hydrogen) atoms. The van der Waals surface area contributed by atoms with E-state index < -0.39 is 12.1 Å². The van der Waals surface area contributed by atoms with Crippen LogP contribution >= 0.6 is 0 Å². The van der Waals surface area contributed by atoms with E-state index in [1.807, 2.05) is 0 Å². The van der Waals surface area contributed by atoms with Crippen molar-refractivity contribution in [2.24, 2.45) is 0 Å². The first-order chi connectivity index (χ1) is 4.72. The monoisotopic (exact) mass is 141 g/mol. The van der Waals surface area contributed by atoms with E-state index in [1.165, 1.54) is 18.4 Å². The molecule has 0 aromatic carbocycles. The average Bonchev–Trinajstić information content (AvgIpc) is 2.36. The van der Waals surface area contributed by atoms with Crippen molar-refractivity contribution in [3.8, 4) is 0 Å². The second kappa shape index (κ2) is 2.53. The molecule has 0 amide bonds. The Morgan fingerprint density at radius 1 is 1.80 bits per heavy atom. The van der Waals surface area contributed by atoms with Crippen LogP contribution in [0.3, 0.4) is 0 Å². The molecule has 0 saturated heterocycles. The highest BCUT2D eigenvalue weighted by atomic mass is 16.4. The van der Waals surface area contributed by atoms with Crippen molar-refractivity contribution >= 4 is 5.97 Å². The van der Waals surface area contributed by atoms with E-state index >= 15 is 0 Å². The fourth-order valence-corrected chi connectivity index (χ4v) is 0.563. The molecule has 0 radical (unpaired) electrons. The average molecular weight is 141 g/mol. The van der Waals surface area contributed by atoms with Crippen LogP contribution in [0.15, 0.2) is 22.8 Å². The number of aliphatic hydroxyl groups is 1. The summed E-state index contributed by atoms with van der Waals surface area (Å²) in [6.45, 7) is 0. The molecule has 0 spiro atoms. The molecule has 1 aromatic heterocycles. The standard InChI is InChI=1S/C6H6O4/c7-5(6(8)9)4-2-1-3-10-4/h1-3,5,7H,(H,8,9)/p-1. The molecule has 0 fully saturated rings. The van der Waals surface area contributed by atoms with Gasteiger partial charge in [0.2, 0.25) is 0 Å². The van der Waals surface area contributed by atoms with Crippen molar-refractivity contribution in [1.29, 1.82) is 0 Å². The van der Waals surface area contributed by atoms with E-state index in [4.69, 9.17) is 5.11 Å². The zero-order chi connectivity index (χ0) is 7.56. The van der Waals surface area contributed by atoms with Gasteiger partial charge in [-0.3, -0.25) is 0 Å². The first kappa shape index (κ1) is 6.82. The largest absolute Gasteiger partial charge is 0.547 e. The van der Waals surface area contributed by atoms with Crippen molar-refractivity contribution in [3.63, 3.8) is 0 Å². The van der Waals surface area contributed by atoms with Crippen molar-refractivity contribution in [1.82, 2.24) is 0 Å². The van der Waals surface area contributed by atoms with Gasteiger partial charge in [-0.2, -0.15) is 0 Å². The molecular weight excluding hydrogens is 136 g/mol. The van der Waals surface area contributed by atoms with Gasteiger partial charge in [0.05, 0.1) is 12.2 Å². The van der Waals surface area contributed by atoms with E-state index in [-0.39, 0.29) is 5.76 Å². The summed E-state index contributed by atoms with van der Waals surface area (Å²) in [5.41, 5.74) is 0. The third kappa shape index (κ3) is 1.16. The summed E-state index contributed by atoms with van der Waals surface area (Å²) in [4.78, 5) is 9.98. The normalized spacial score (nSPS) is 12.9. The summed E-state index contributed by atoms with van der Waals surface area (Å²) in [6, 6.07) is 2.85. The summed E-state index contributed by atoms with van der Waals surface area (Å²) in [6.07, 6.45) is -0.378. The molecule has 0 aliphatic rings. The third-order valence-corrected chi connectivity index (χ3v) is 1.04. The predicted octanol–water partition coefficient (Wildman–Crippen LogP) is -0.937. The van der Waals surface area contributed by atoms with Crippen molar-refractivity contribution < 1.29 is 19.4 Å². The van der Waals surface area contributed by atoms with E-state index in [9.17, 15) is 9.90 Å². The number of hydrogen-bond acceptors (Lipinski definition) is 4. The van der Waals surface area contributed by atoms with Crippen LogP contribution in [0, 0.1) is 0 Å². The van der Waals surface area contributed by atoms with Gasteiger partial charge in [0.25, 0.3) is 0 Å². The molecule has 1 heterocycles. The highest BCUT2D eigenvalue weighted by molar-refractivity contribution is 5.70. The van der Waals surface area contributed by atoms with Crippen LogP contribution < -0.4 is 5.11 Å². The number of carboxylic acid groups (broad SMARTS) is 1.